The summed E-state index contributed by atoms with van der Waals surface area (Å²) in [7, 11) is 0. The Morgan fingerprint density at radius 1 is 1.57 bits per heavy atom. The Bertz CT molecular complexity index is 415. The summed E-state index contributed by atoms with van der Waals surface area (Å²) in [5, 5.41) is 0.132. The Morgan fingerprint density at radius 3 is 2.86 bits per heavy atom. The molecule has 0 amide bonds. The number of hydrogen-bond donors (Lipinski definition) is 0. The number of Topliss-reactive ketones (excluding diaryl/α,β-unsaturated/α-hetero) is 1. The minimum atomic E-state index is -0.451. The van der Waals surface area contributed by atoms with E-state index in [4.69, 9.17) is 11.6 Å². The fourth-order valence-electron chi connectivity index (χ4n) is 0.980. The van der Waals surface area contributed by atoms with Gasteiger partial charge >= 0.3 is 0 Å². The van der Waals surface area contributed by atoms with E-state index in [2.05, 4.69) is 11.8 Å². The molecule has 1 rings (SSSR count). The molecule has 0 bridgehead atoms. The van der Waals surface area contributed by atoms with Gasteiger partial charge in [-0.3, -0.25) is 4.79 Å². The zero-order chi connectivity index (χ0) is 10.6. The van der Waals surface area contributed by atoms with Gasteiger partial charge in [0.25, 0.3) is 0 Å². The molecule has 1 nitrogen and oxygen atoms in total. The molecule has 0 radical (unpaired) electrons. The van der Waals surface area contributed by atoms with Gasteiger partial charge in [0.2, 0.25) is 0 Å². The smallest absolute Gasteiger partial charge is 0.176 e. The minimum Gasteiger partial charge on any atom is -0.293 e. The number of halogens is 2. The van der Waals surface area contributed by atoms with Crippen LogP contribution in [0.25, 0.3) is 0 Å². The number of carbonyl (C=O) groups excluding carboxylic acids is 1. The fourth-order valence-corrected chi connectivity index (χ4v) is 1.25. The SMILES string of the molecule is CC#CCC(=O)c1ccc(F)cc1Cl. The first kappa shape index (κ1) is 10.7. The molecule has 1 aromatic carbocycles. The Labute approximate surface area is 86.9 Å². The second-order valence-corrected chi connectivity index (χ2v) is 3.06. The van der Waals surface area contributed by atoms with Gasteiger partial charge < -0.3 is 0 Å². The summed E-state index contributed by atoms with van der Waals surface area (Å²) in [5.74, 6) is 4.61. The highest BCUT2D eigenvalue weighted by Crippen LogP contribution is 2.18. The summed E-state index contributed by atoms with van der Waals surface area (Å²) in [6.45, 7) is 1.65. The molecule has 72 valence electrons. The normalized spacial score (nSPS) is 9.07. The predicted octanol–water partition coefficient (Wildman–Crippen LogP) is 3.08. The van der Waals surface area contributed by atoms with Crippen LogP contribution in [0.5, 0.6) is 0 Å². The molecule has 0 atom stereocenters. The third-order valence-electron chi connectivity index (χ3n) is 1.66. The van der Waals surface area contributed by atoms with Crippen LogP contribution >= 0.6 is 11.6 Å². The van der Waals surface area contributed by atoms with Gasteiger partial charge in [-0.15, -0.1) is 5.92 Å². The third kappa shape index (κ3) is 2.58. The highest BCUT2D eigenvalue weighted by molar-refractivity contribution is 6.34. The summed E-state index contributed by atoms with van der Waals surface area (Å²) in [4.78, 5) is 11.4. The molecule has 14 heavy (non-hydrogen) atoms. The zero-order valence-electron chi connectivity index (χ0n) is 7.60. The van der Waals surface area contributed by atoms with Crippen LogP contribution in [0.15, 0.2) is 18.2 Å². The van der Waals surface area contributed by atoms with Gasteiger partial charge in [0.1, 0.15) is 5.82 Å². The van der Waals surface area contributed by atoms with Crippen LogP contribution in [0.2, 0.25) is 5.02 Å². The maximum absolute atomic E-state index is 12.6. The molecule has 0 saturated heterocycles. The van der Waals surface area contributed by atoms with E-state index in [-0.39, 0.29) is 17.2 Å². The van der Waals surface area contributed by atoms with Crippen molar-refractivity contribution < 1.29 is 9.18 Å². The van der Waals surface area contributed by atoms with Crippen molar-refractivity contribution in [2.75, 3.05) is 0 Å². The molecule has 0 aromatic heterocycles. The Morgan fingerprint density at radius 2 is 2.29 bits per heavy atom. The first-order valence-corrected chi connectivity index (χ1v) is 4.41. The molecule has 3 heteroatoms. The standard InChI is InChI=1S/C11H8ClFO/c1-2-3-4-11(14)9-6-5-8(13)7-10(9)12/h5-7H,4H2,1H3. The summed E-state index contributed by atoms with van der Waals surface area (Å²) in [6, 6.07) is 3.70. The number of rotatable bonds is 2. The monoisotopic (exact) mass is 210 g/mol. The number of hydrogen-bond acceptors (Lipinski definition) is 1. The van der Waals surface area contributed by atoms with E-state index in [1.54, 1.807) is 6.92 Å². The van der Waals surface area contributed by atoms with Gasteiger partial charge in [-0.1, -0.05) is 17.5 Å². The molecule has 0 fully saturated rings. The second-order valence-electron chi connectivity index (χ2n) is 2.65. The van der Waals surface area contributed by atoms with Crippen molar-refractivity contribution in [1.29, 1.82) is 0 Å². The van der Waals surface area contributed by atoms with Crippen molar-refractivity contribution in [3.63, 3.8) is 0 Å². The Hall–Kier alpha value is -1.33. The van der Waals surface area contributed by atoms with Crippen molar-refractivity contribution in [2.45, 2.75) is 13.3 Å². The Kier molecular flexibility index (Phi) is 3.67. The zero-order valence-corrected chi connectivity index (χ0v) is 8.36. The van der Waals surface area contributed by atoms with Gasteiger partial charge in [0, 0.05) is 5.56 Å². The molecule has 0 saturated carbocycles. The highest BCUT2D eigenvalue weighted by atomic mass is 35.5. The average Bonchev–Trinajstić information content (AvgIpc) is 2.14. The van der Waals surface area contributed by atoms with Gasteiger partial charge in [-0.25, -0.2) is 4.39 Å². The fraction of sp³-hybridized carbons (Fsp3) is 0.182. The van der Waals surface area contributed by atoms with Gasteiger partial charge in [0.05, 0.1) is 11.4 Å². The molecule has 0 heterocycles. The van der Waals surface area contributed by atoms with E-state index in [0.29, 0.717) is 5.56 Å². The lowest BCUT2D eigenvalue weighted by Gasteiger charge is -1.99. The van der Waals surface area contributed by atoms with E-state index < -0.39 is 5.82 Å². The van der Waals surface area contributed by atoms with E-state index in [9.17, 15) is 9.18 Å². The quantitative estimate of drug-likeness (QED) is 0.542. The minimum absolute atomic E-state index is 0.113. The van der Waals surface area contributed by atoms with Crippen LogP contribution in [0.1, 0.15) is 23.7 Å². The molecule has 1 aromatic rings. The summed E-state index contributed by atoms with van der Waals surface area (Å²) in [6.07, 6.45) is 0.113. The van der Waals surface area contributed by atoms with Crippen LogP contribution < -0.4 is 0 Å². The second kappa shape index (κ2) is 4.78. The number of carbonyl (C=O) groups is 1. The first-order valence-electron chi connectivity index (χ1n) is 4.03. The summed E-state index contributed by atoms with van der Waals surface area (Å²) < 4.78 is 12.6. The number of benzene rings is 1. The molecular formula is C11H8ClFO. The van der Waals surface area contributed by atoms with Crippen molar-refractivity contribution in [3.8, 4) is 11.8 Å². The maximum Gasteiger partial charge on any atom is 0.176 e. The van der Waals surface area contributed by atoms with Crippen molar-refractivity contribution in [3.05, 3.63) is 34.6 Å². The molecule has 0 aliphatic rings. The van der Waals surface area contributed by atoms with Gasteiger partial charge in [0.15, 0.2) is 5.78 Å². The maximum atomic E-state index is 12.6. The van der Waals surface area contributed by atoms with Crippen LogP contribution in [0, 0.1) is 17.7 Å². The molecule has 0 N–H and O–H groups in total. The molecule has 0 aliphatic carbocycles. The summed E-state index contributed by atoms with van der Waals surface area (Å²) >= 11 is 5.69. The first-order chi connectivity index (χ1) is 6.65. The van der Waals surface area contributed by atoms with Crippen molar-refractivity contribution >= 4 is 17.4 Å². The van der Waals surface area contributed by atoms with E-state index in [1.165, 1.54) is 12.1 Å². The van der Waals surface area contributed by atoms with Gasteiger partial charge in [-0.05, 0) is 25.1 Å². The van der Waals surface area contributed by atoms with Crippen LogP contribution in [-0.4, -0.2) is 5.78 Å². The van der Waals surface area contributed by atoms with Crippen LogP contribution in [0.3, 0.4) is 0 Å². The lowest BCUT2D eigenvalue weighted by atomic mass is 10.1. The Balaban J connectivity index is 2.94. The topological polar surface area (TPSA) is 17.1 Å². The third-order valence-corrected chi connectivity index (χ3v) is 1.97. The molecule has 0 spiro atoms. The van der Waals surface area contributed by atoms with E-state index in [0.717, 1.165) is 6.07 Å². The highest BCUT2D eigenvalue weighted by Gasteiger charge is 2.09. The van der Waals surface area contributed by atoms with Crippen molar-refractivity contribution in [2.24, 2.45) is 0 Å². The van der Waals surface area contributed by atoms with Gasteiger partial charge in [-0.2, -0.15) is 0 Å². The lowest BCUT2D eigenvalue weighted by molar-refractivity contribution is 0.0998. The largest absolute Gasteiger partial charge is 0.293 e. The predicted molar refractivity (Wildman–Crippen MR) is 53.8 cm³/mol. The van der Waals surface area contributed by atoms with Crippen molar-refractivity contribution in [1.82, 2.24) is 0 Å². The molecule has 0 unspecified atom stereocenters. The van der Waals surface area contributed by atoms with Crippen LogP contribution in [-0.2, 0) is 0 Å². The number of ketones is 1. The molecular weight excluding hydrogens is 203 g/mol. The van der Waals surface area contributed by atoms with E-state index >= 15 is 0 Å². The average molecular weight is 211 g/mol. The van der Waals surface area contributed by atoms with E-state index in [1.807, 2.05) is 0 Å². The van der Waals surface area contributed by atoms with Crippen LogP contribution in [0.4, 0.5) is 4.39 Å². The molecule has 0 aliphatic heterocycles. The summed E-state index contributed by atoms with van der Waals surface area (Å²) in [5.41, 5.74) is 0.316. The lowest BCUT2D eigenvalue weighted by Crippen LogP contribution is -1.98.